The van der Waals surface area contributed by atoms with Crippen molar-refractivity contribution in [2.75, 3.05) is 11.6 Å². The molecule has 0 saturated heterocycles. The predicted molar refractivity (Wildman–Crippen MR) is 108 cm³/mol. The zero-order valence-electron chi connectivity index (χ0n) is 18.7. The Hall–Kier alpha value is -3.27. The second-order valence-electron chi connectivity index (χ2n) is 5.63. The van der Waals surface area contributed by atoms with Crippen molar-refractivity contribution in [3.63, 3.8) is 0 Å². The van der Waals surface area contributed by atoms with Gasteiger partial charge in [-0.25, -0.2) is 18.6 Å². The number of aromatic nitrogens is 2. The van der Waals surface area contributed by atoms with Crippen LogP contribution in [-0.4, -0.2) is 16.7 Å². The van der Waals surface area contributed by atoms with Crippen molar-refractivity contribution < 1.29 is 64.6 Å². The molecule has 3 heterocycles. The average Bonchev–Trinajstić information content (AvgIpc) is 3.34. The Morgan fingerprint density at radius 2 is 1.14 bits per heavy atom. The summed E-state index contributed by atoms with van der Waals surface area (Å²) in [6.07, 6.45) is 5.32. The summed E-state index contributed by atoms with van der Waals surface area (Å²) in [5.74, 6) is 0. The van der Waals surface area contributed by atoms with Gasteiger partial charge in [-0.15, -0.1) is 10.2 Å². The molecular formula is C23H19ClMnN3O8-. The van der Waals surface area contributed by atoms with E-state index >= 15 is 0 Å². The van der Waals surface area contributed by atoms with E-state index < -0.39 is 10.2 Å². The van der Waals surface area contributed by atoms with Crippen molar-refractivity contribution in [2.24, 2.45) is 0 Å². The first-order chi connectivity index (χ1) is 16.8. The number of para-hydroxylation sites is 1. The van der Waals surface area contributed by atoms with Gasteiger partial charge in [0.1, 0.15) is 6.26 Å². The minimum atomic E-state index is -4.94. The Balaban J connectivity index is -0.000000429. The van der Waals surface area contributed by atoms with Gasteiger partial charge < -0.3 is 9.64 Å². The summed E-state index contributed by atoms with van der Waals surface area (Å²) in [6, 6.07) is 21.8. The Morgan fingerprint density at radius 1 is 0.750 bits per heavy atom. The maximum absolute atomic E-state index is 8.49. The molecule has 1 aliphatic rings. The van der Waals surface area contributed by atoms with Crippen molar-refractivity contribution >= 4 is 5.69 Å². The number of rotatable bonds is 2. The van der Waals surface area contributed by atoms with Crippen molar-refractivity contribution in [1.29, 1.82) is 0 Å². The molecule has 0 atom stereocenters. The molecule has 0 spiro atoms. The van der Waals surface area contributed by atoms with Crippen molar-refractivity contribution in [3.8, 4) is 11.4 Å². The molecule has 0 unspecified atom stereocenters. The topological polar surface area (TPSA) is 190 Å². The van der Waals surface area contributed by atoms with Crippen LogP contribution < -0.4 is 23.5 Å². The van der Waals surface area contributed by atoms with Gasteiger partial charge in [-0.3, -0.25) is 9.97 Å². The molecule has 36 heavy (non-hydrogen) atoms. The van der Waals surface area contributed by atoms with E-state index in [9.17, 15) is 0 Å². The van der Waals surface area contributed by atoms with Crippen LogP contribution >= 0.6 is 0 Å². The smallest absolute Gasteiger partial charge is 0.0886 e. The minimum absolute atomic E-state index is 0. The van der Waals surface area contributed by atoms with Gasteiger partial charge in [0.2, 0.25) is 0 Å². The van der Waals surface area contributed by atoms with Crippen LogP contribution in [0.15, 0.2) is 91.1 Å². The Kier molecular flexibility index (Phi) is 24.3. The Bertz CT molecular complexity index is 958. The zero-order valence-corrected chi connectivity index (χ0v) is 20.6. The van der Waals surface area contributed by atoms with E-state index in [-0.39, 0.29) is 17.1 Å². The first kappa shape index (κ1) is 37.3. The van der Waals surface area contributed by atoms with Crippen molar-refractivity contribution in [1.82, 2.24) is 9.97 Å². The number of anilines is 1. The minimum Gasteiger partial charge on any atom is -0.255 e. The molecule has 11 nitrogen and oxygen atoms in total. The molecule has 4 rings (SSSR count). The van der Waals surface area contributed by atoms with E-state index in [0.29, 0.717) is 6.73 Å². The van der Waals surface area contributed by atoms with E-state index in [4.69, 9.17) is 37.3 Å². The fraction of sp³-hybridized carbons (Fsp3) is 0.0870. The van der Waals surface area contributed by atoms with Crippen molar-refractivity contribution in [2.45, 2.75) is 6.92 Å². The molecule has 189 valence electrons. The van der Waals surface area contributed by atoms with Gasteiger partial charge in [-0.1, -0.05) is 30.3 Å². The summed E-state index contributed by atoms with van der Waals surface area (Å²) in [5, 5.41) is 0. The summed E-state index contributed by atoms with van der Waals surface area (Å²) in [6.45, 7) is 16.2. The summed E-state index contributed by atoms with van der Waals surface area (Å²) < 4.78 is 61.7. The predicted octanol–water partition coefficient (Wildman–Crippen LogP) is -0.385. The van der Waals surface area contributed by atoms with Gasteiger partial charge >= 0.3 is 33.9 Å². The maximum Gasteiger partial charge on any atom is 0.0886 e. The fourth-order valence-corrected chi connectivity index (χ4v) is 2.31. The SMILES string of the molecule is CC1=COCN1c1ccccc1.[C-]#[O+].[C-]#[O+].[C-]#[O+].[Mn].[O-][Cl+3]([O-])([O-])[O-].c1ccc(-c2ccccn2)nc1. The maximum atomic E-state index is 8.49. The fourth-order valence-electron chi connectivity index (χ4n) is 2.31. The average molecular weight is 556 g/mol. The second kappa shape index (κ2) is 23.5. The van der Waals surface area contributed by atoms with Gasteiger partial charge in [0.25, 0.3) is 0 Å². The summed E-state index contributed by atoms with van der Waals surface area (Å²) >= 11 is 0. The number of allylic oxidation sites excluding steroid dienone is 1. The molecule has 0 fully saturated rings. The molecule has 1 radical (unpaired) electrons. The van der Waals surface area contributed by atoms with E-state index in [1.807, 2.05) is 61.5 Å². The van der Waals surface area contributed by atoms with Gasteiger partial charge in [0.05, 0.1) is 17.1 Å². The molecule has 13 heteroatoms. The third-order valence-corrected chi connectivity index (χ3v) is 3.54. The molecule has 0 bridgehead atoms. The number of benzene rings is 1. The second-order valence-corrected chi connectivity index (χ2v) is 6.38. The summed E-state index contributed by atoms with van der Waals surface area (Å²) in [4.78, 5) is 10.5. The van der Waals surface area contributed by atoms with Crippen LogP contribution in [0.2, 0.25) is 0 Å². The first-order valence-corrected chi connectivity index (χ1v) is 10.2. The van der Waals surface area contributed by atoms with E-state index in [0.717, 1.165) is 17.1 Å². The quantitative estimate of drug-likeness (QED) is 0.232. The molecule has 2 aromatic heterocycles. The van der Waals surface area contributed by atoms with Crippen LogP contribution in [0.3, 0.4) is 0 Å². The molecule has 0 N–H and O–H groups in total. The number of hydrogen-bond donors (Lipinski definition) is 0. The van der Waals surface area contributed by atoms with Crippen LogP contribution in [0.5, 0.6) is 0 Å². The third-order valence-electron chi connectivity index (χ3n) is 3.54. The van der Waals surface area contributed by atoms with Crippen LogP contribution in [0, 0.1) is 30.2 Å². The van der Waals surface area contributed by atoms with Crippen LogP contribution in [0.4, 0.5) is 5.69 Å². The molecule has 3 aromatic rings. The van der Waals surface area contributed by atoms with E-state index in [1.54, 1.807) is 18.7 Å². The molecule has 0 saturated carbocycles. The molecule has 1 aliphatic heterocycles. The van der Waals surface area contributed by atoms with Gasteiger partial charge in [-0.2, -0.15) is 0 Å². The number of halogens is 1. The van der Waals surface area contributed by atoms with Gasteiger partial charge in [-0.05, 0) is 43.3 Å². The van der Waals surface area contributed by atoms with Crippen LogP contribution in [0.25, 0.3) is 11.4 Å². The molecule has 1 aromatic carbocycles. The third kappa shape index (κ3) is 18.1. The van der Waals surface area contributed by atoms with Crippen molar-refractivity contribution in [3.05, 3.63) is 111 Å². The van der Waals surface area contributed by atoms with E-state index in [1.165, 1.54) is 5.69 Å². The number of ether oxygens (including phenoxy) is 1. The van der Waals surface area contributed by atoms with Gasteiger partial charge in [0.15, 0.2) is 6.73 Å². The summed E-state index contributed by atoms with van der Waals surface area (Å²) in [5.41, 5.74) is 4.17. The Labute approximate surface area is 221 Å². The van der Waals surface area contributed by atoms with Crippen LogP contribution in [0.1, 0.15) is 6.92 Å². The monoisotopic (exact) mass is 555 g/mol. The number of nitrogens with zero attached hydrogens (tertiary/aromatic N) is 3. The standard InChI is InChI=1S/C10H8N2.C10H11NO.3CO.ClHO4.Mn/c1-3-7-11-9(5-1)10-6-2-4-8-12-10;1-9-7-12-8-11(9)10-5-3-2-4-6-10;3*1-2;2-1(3,4)5;/h1-8H;2-7H,8H2,1H3;;;;(H,2,3,4,5);/p-1. The van der Waals surface area contributed by atoms with Crippen LogP contribution in [-0.2, 0) is 35.8 Å². The first-order valence-electron chi connectivity index (χ1n) is 9.01. The van der Waals surface area contributed by atoms with Gasteiger partial charge in [0, 0.05) is 35.1 Å². The Morgan fingerprint density at radius 3 is 1.44 bits per heavy atom. The normalized spacial score (nSPS) is 10.3. The number of hydrogen-bond acceptors (Lipinski definition) is 8. The molecule has 0 aliphatic carbocycles. The molecular weight excluding hydrogens is 537 g/mol. The largest absolute Gasteiger partial charge is 0.255 e. The molecule has 0 amide bonds. The zero-order chi connectivity index (χ0) is 27.1. The number of pyridine rings is 2. The summed E-state index contributed by atoms with van der Waals surface area (Å²) in [7, 11) is -4.94. The van der Waals surface area contributed by atoms with E-state index in [2.05, 4.69) is 47.0 Å².